The molecule has 1 aromatic carbocycles. The smallest absolute Gasteiger partial charge is 0.186 e. The molecule has 0 spiro atoms. The van der Waals surface area contributed by atoms with Gasteiger partial charge in [0.15, 0.2) is 17.3 Å². The van der Waals surface area contributed by atoms with Crippen LogP contribution >= 0.6 is 0 Å². The quantitative estimate of drug-likeness (QED) is 0.696. The van der Waals surface area contributed by atoms with Gasteiger partial charge in [-0.05, 0) is 18.2 Å². The Morgan fingerprint density at radius 3 is 3.07 bits per heavy atom. The minimum absolute atomic E-state index is 0.0713. The molecule has 1 N–H and O–H groups in total. The molecule has 3 nitrogen and oxygen atoms in total. The Hall–Kier alpha value is -2.03. The Kier molecular flexibility index (Phi) is 1.65. The predicted octanol–water partition coefficient (Wildman–Crippen LogP) is 2.23. The van der Waals surface area contributed by atoms with E-state index in [1.165, 1.54) is 0 Å². The molecule has 0 bridgehead atoms. The van der Waals surface area contributed by atoms with Crippen LogP contribution in [-0.2, 0) is 4.79 Å². The van der Waals surface area contributed by atoms with Crippen LogP contribution in [0.4, 0.5) is 5.69 Å². The van der Waals surface area contributed by atoms with E-state index in [2.05, 4.69) is 5.32 Å². The van der Waals surface area contributed by atoms with Gasteiger partial charge in [-0.25, -0.2) is 0 Å². The molecule has 0 atom stereocenters. The van der Waals surface area contributed by atoms with Crippen LogP contribution in [-0.4, -0.2) is 5.78 Å². The normalized spacial score (nSPS) is 17.7. The topological polar surface area (TPSA) is 38.3 Å². The number of carbonyl (C=O) groups excluding carboxylic acids is 1. The van der Waals surface area contributed by atoms with E-state index in [4.69, 9.17) is 4.74 Å². The fraction of sp³-hybridized carbons (Fsp3) is 0.0833. The summed E-state index contributed by atoms with van der Waals surface area (Å²) in [6, 6.07) is 7.58. The molecular formula is C12H9NO2. The second-order valence-electron chi connectivity index (χ2n) is 3.49. The van der Waals surface area contributed by atoms with Crippen molar-refractivity contribution in [3.63, 3.8) is 0 Å². The summed E-state index contributed by atoms with van der Waals surface area (Å²) >= 11 is 0. The van der Waals surface area contributed by atoms with Crippen molar-refractivity contribution in [2.75, 3.05) is 5.32 Å². The van der Waals surface area contributed by atoms with Crippen LogP contribution in [0.15, 0.2) is 47.9 Å². The van der Waals surface area contributed by atoms with Crippen LogP contribution < -0.4 is 10.1 Å². The lowest BCUT2D eigenvalue weighted by Gasteiger charge is -2.24. The molecular weight excluding hydrogens is 190 g/mol. The second kappa shape index (κ2) is 2.98. The number of allylic oxidation sites excluding steroid dienone is 3. The van der Waals surface area contributed by atoms with Crippen LogP contribution in [0.25, 0.3) is 0 Å². The predicted molar refractivity (Wildman–Crippen MR) is 56.5 cm³/mol. The summed E-state index contributed by atoms with van der Waals surface area (Å²) in [6.45, 7) is 0. The highest BCUT2D eigenvalue weighted by molar-refractivity contribution is 6.01. The van der Waals surface area contributed by atoms with Gasteiger partial charge in [0.05, 0.1) is 5.69 Å². The third kappa shape index (κ3) is 1.24. The highest BCUT2D eigenvalue weighted by Gasteiger charge is 2.24. The van der Waals surface area contributed by atoms with E-state index in [1.54, 1.807) is 0 Å². The number of benzene rings is 1. The second-order valence-corrected chi connectivity index (χ2v) is 3.49. The van der Waals surface area contributed by atoms with Gasteiger partial charge < -0.3 is 10.1 Å². The van der Waals surface area contributed by atoms with E-state index in [0.717, 1.165) is 11.4 Å². The molecule has 3 rings (SSSR count). The summed E-state index contributed by atoms with van der Waals surface area (Å²) in [7, 11) is 0. The first-order chi connectivity index (χ1) is 7.34. The highest BCUT2D eigenvalue weighted by atomic mass is 16.5. The average molecular weight is 199 g/mol. The summed E-state index contributed by atoms with van der Waals surface area (Å²) in [5, 5.41) is 3.10. The van der Waals surface area contributed by atoms with Crippen molar-refractivity contribution in [3.8, 4) is 5.75 Å². The number of para-hydroxylation sites is 2. The molecule has 15 heavy (non-hydrogen) atoms. The van der Waals surface area contributed by atoms with Crippen molar-refractivity contribution in [2.45, 2.75) is 6.42 Å². The fourth-order valence-electron chi connectivity index (χ4n) is 1.72. The highest BCUT2D eigenvalue weighted by Crippen LogP contribution is 2.34. The van der Waals surface area contributed by atoms with Gasteiger partial charge in [0.2, 0.25) is 0 Å². The summed E-state index contributed by atoms with van der Waals surface area (Å²) in [6.07, 6.45) is 4.09. The number of carbonyl (C=O) groups is 1. The summed E-state index contributed by atoms with van der Waals surface area (Å²) < 4.78 is 5.62. The van der Waals surface area contributed by atoms with Crippen molar-refractivity contribution in [1.82, 2.24) is 0 Å². The summed E-state index contributed by atoms with van der Waals surface area (Å²) in [5.74, 6) is 1.45. The first-order valence-electron chi connectivity index (χ1n) is 4.82. The molecule has 1 heterocycles. The lowest BCUT2D eigenvalue weighted by Crippen LogP contribution is -2.21. The molecule has 1 aliphatic heterocycles. The van der Waals surface area contributed by atoms with E-state index >= 15 is 0 Å². The number of fused-ring (bicyclic) bond motifs is 1. The van der Waals surface area contributed by atoms with Gasteiger partial charge in [0.1, 0.15) is 5.70 Å². The Bertz CT molecular complexity index is 500. The lowest BCUT2D eigenvalue weighted by atomic mass is 10.1. The molecule has 0 saturated heterocycles. The Morgan fingerprint density at radius 1 is 1.27 bits per heavy atom. The number of Topliss-reactive ketones (excluding diaryl/α,β-unsaturated/α-hetero) is 1. The molecule has 0 aromatic heterocycles. The summed E-state index contributed by atoms with van der Waals surface area (Å²) in [5.41, 5.74) is 1.41. The Balaban J connectivity index is 2.08. The van der Waals surface area contributed by atoms with Gasteiger partial charge in [-0.3, -0.25) is 4.79 Å². The van der Waals surface area contributed by atoms with Gasteiger partial charge in [-0.15, -0.1) is 0 Å². The third-order valence-electron chi connectivity index (χ3n) is 2.46. The van der Waals surface area contributed by atoms with Crippen molar-refractivity contribution in [3.05, 3.63) is 47.9 Å². The van der Waals surface area contributed by atoms with Crippen LogP contribution in [0.5, 0.6) is 5.75 Å². The number of nitrogens with one attached hydrogen (secondary N) is 1. The first kappa shape index (κ1) is 8.29. The van der Waals surface area contributed by atoms with Crippen molar-refractivity contribution in [2.24, 2.45) is 0 Å². The zero-order chi connectivity index (χ0) is 10.3. The minimum Gasteiger partial charge on any atom is -0.453 e. The first-order valence-corrected chi connectivity index (χ1v) is 4.82. The maximum absolute atomic E-state index is 11.6. The van der Waals surface area contributed by atoms with E-state index in [9.17, 15) is 4.79 Å². The number of anilines is 1. The standard InChI is InChI=1S/C12H9NO2/c14-9-5-3-7-11-12(9)13-8-4-1-2-6-10(8)15-11/h1-4,6-7,13H,5H2. The maximum Gasteiger partial charge on any atom is 0.186 e. The molecule has 74 valence electrons. The summed E-state index contributed by atoms with van der Waals surface area (Å²) in [4.78, 5) is 11.6. The average Bonchev–Trinajstić information content (AvgIpc) is 2.27. The molecule has 0 radical (unpaired) electrons. The number of ketones is 1. The number of hydrogen-bond donors (Lipinski definition) is 1. The molecule has 0 amide bonds. The van der Waals surface area contributed by atoms with E-state index in [1.807, 2.05) is 36.4 Å². The van der Waals surface area contributed by atoms with Gasteiger partial charge >= 0.3 is 0 Å². The van der Waals surface area contributed by atoms with Crippen LogP contribution in [0, 0.1) is 0 Å². The molecule has 1 aromatic rings. The van der Waals surface area contributed by atoms with Crippen molar-refractivity contribution < 1.29 is 9.53 Å². The SMILES string of the molecule is O=C1CC=CC2=C1Nc1ccccc1O2. The molecule has 1 aliphatic carbocycles. The number of rotatable bonds is 0. The van der Waals surface area contributed by atoms with E-state index in [0.29, 0.717) is 17.9 Å². The van der Waals surface area contributed by atoms with E-state index < -0.39 is 0 Å². The Morgan fingerprint density at radius 2 is 2.13 bits per heavy atom. The molecule has 0 saturated carbocycles. The Labute approximate surface area is 87.1 Å². The molecule has 3 heteroatoms. The van der Waals surface area contributed by atoms with Crippen LogP contribution in [0.3, 0.4) is 0 Å². The van der Waals surface area contributed by atoms with Gasteiger partial charge in [0, 0.05) is 6.42 Å². The largest absolute Gasteiger partial charge is 0.453 e. The fourth-order valence-corrected chi connectivity index (χ4v) is 1.72. The monoisotopic (exact) mass is 199 g/mol. The van der Waals surface area contributed by atoms with Gasteiger partial charge in [0.25, 0.3) is 0 Å². The van der Waals surface area contributed by atoms with Crippen LogP contribution in [0.1, 0.15) is 6.42 Å². The molecule has 0 unspecified atom stereocenters. The lowest BCUT2D eigenvalue weighted by molar-refractivity contribution is -0.114. The number of hydrogen-bond acceptors (Lipinski definition) is 3. The zero-order valence-corrected chi connectivity index (χ0v) is 7.99. The van der Waals surface area contributed by atoms with Gasteiger partial charge in [-0.1, -0.05) is 18.2 Å². The minimum atomic E-state index is 0.0713. The maximum atomic E-state index is 11.6. The molecule has 0 fully saturated rings. The third-order valence-corrected chi connectivity index (χ3v) is 2.46. The van der Waals surface area contributed by atoms with Crippen molar-refractivity contribution >= 4 is 11.5 Å². The van der Waals surface area contributed by atoms with Crippen molar-refractivity contribution in [1.29, 1.82) is 0 Å². The van der Waals surface area contributed by atoms with E-state index in [-0.39, 0.29) is 5.78 Å². The number of ether oxygens (including phenoxy) is 1. The molecule has 2 aliphatic rings. The zero-order valence-electron chi connectivity index (χ0n) is 7.99. The van der Waals surface area contributed by atoms with Gasteiger partial charge in [-0.2, -0.15) is 0 Å². The van der Waals surface area contributed by atoms with Crippen LogP contribution in [0.2, 0.25) is 0 Å².